The Balaban J connectivity index is 2.00. The SMILES string of the molecule is O=C1c2ccccc2C(=O)N1Cc1c(F)ccc(Br)c1F. The molecule has 1 aliphatic rings. The number of hydrogen-bond acceptors (Lipinski definition) is 2. The molecule has 2 aromatic carbocycles. The van der Waals surface area contributed by atoms with Gasteiger partial charge in [0.15, 0.2) is 0 Å². The summed E-state index contributed by atoms with van der Waals surface area (Å²) in [6.45, 7) is -0.441. The van der Waals surface area contributed by atoms with Crippen molar-refractivity contribution in [1.82, 2.24) is 4.90 Å². The van der Waals surface area contributed by atoms with Gasteiger partial charge in [-0.15, -0.1) is 0 Å². The molecule has 1 aliphatic heterocycles. The molecule has 1 heterocycles. The number of nitrogens with zero attached hydrogens (tertiary/aromatic N) is 1. The number of carbonyl (C=O) groups is 2. The predicted molar refractivity (Wildman–Crippen MR) is 74.7 cm³/mol. The standard InChI is InChI=1S/C15H8BrF2NO2/c16-11-5-6-12(17)10(13(11)18)7-19-14(20)8-3-1-2-4-9(8)15(19)21/h1-6H,7H2. The number of rotatable bonds is 2. The molecule has 0 fully saturated rings. The minimum absolute atomic E-state index is 0.0792. The number of carbonyl (C=O) groups excluding carboxylic acids is 2. The minimum Gasteiger partial charge on any atom is -0.270 e. The van der Waals surface area contributed by atoms with Gasteiger partial charge < -0.3 is 0 Å². The Morgan fingerprint density at radius 3 is 2.10 bits per heavy atom. The van der Waals surface area contributed by atoms with Gasteiger partial charge in [0, 0.05) is 5.56 Å². The summed E-state index contributed by atoms with van der Waals surface area (Å²) in [5.74, 6) is -2.71. The highest BCUT2D eigenvalue weighted by Gasteiger charge is 2.36. The molecule has 2 amide bonds. The van der Waals surface area contributed by atoms with Crippen LogP contribution in [-0.2, 0) is 6.54 Å². The molecule has 0 spiro atoms. The van der Waals surface area contributed by atoms with Gasteiger partial charge >= 0.3 is 0 Å². The molecular formula is C15H8BrF2NO2. The predicted octanol–water partition coefficient (Wildman–Crippen LogP) is 3.52. The number of fused-ring (bicyclic) bond motifs is 1. The van der Waals surface area contributed by atoms with Crippen LogP contribution in [0.15, 0.2) is 40.9 Å². The van der Waals surface area contributed by atoms with Crippen LogP contribution in [0.4, 0.5) is 8.78 Å². The maximum absolute atomic E-state index is 14.0. The average molecular weight is 352 g/mol. The summed E-state index contributed by atoms with van der Waals surface area (Å²) in [6.07, 6.45) is 0. The van der Waals surface area contributed by atoms with Gasteiger partial charge in [-0.3, -0.25) is 14.5 Å². The van der Waals surface area contributed by atoms with Crippen LogP contribution < -0.4 is 0 Å². The summed E-state index contributed by atoms with van der Waals surface area (Å²) in [4.78, 5) is 25.2. The van der Waals surface area contributed by atoms with Crippen molar-refractivity contribution >= 4 is 27.7 Å². The fourth-order valence-corrected chi connectivity index (χ4v) is 2.63. The van der Waals surface area contributed by atoms with Gasteiger partial charge in [-0.05, 0) is 40.2 Å². The molecule has 0 saturated carbocycles. The van der Waals surface area contributed by atoms with Crippen LogP contribution in [0.3, 0.4) is 0 Å². The third-order valence-corrected chi connectivity index (χ3v) is 3.95. The van der Waals surface area contributed by atoms with E-state index in [1.165, 1.54) is 18.2 Å². The van der Waals surface area contributed by atoms with Crippen molar-refractivity contribution in [2.24, 2.45) is 0 Å². The van der Waals surface area contributed by atoms with Crippen LogP contribution in [0.25, 0.3) is 0 Å². The molecular weight excluding hydrogens is 344 g/mol. The van der Waals surface area contributed by atoms with E-state index in [4.69, 9.17) is 0 Å². The molecule has 6 heteroatoms. The lowest BCUT2D eigenvalue weighted by Crippen LogP contribution is -2.30. The highest BCUT2D eigenvalue weighted by atomic mass is 79.9. The molecule has 0 atom stereocenters. The van der Waals surface area contributed by atoms with E-state index in [1.54, 1.807) is 12.1 Å². The zero-order chi connectivity index (χ0) is 15.1. The first-order valence-electron chi connectivity index (χ1n) is 6.08. The van der Waals surface area contributed by atoms with Crippen molar-refractivity contribution in [3.63, 3.8) is 0 Å². The number of benzene rings is 2. The van der Waals surface area contributed by atoms with E-state index in [9.17, 15) is 18.4 Å². The zero-order valence-corrected chi connectivity index (χ0v) is 12.2. The normalized spacial score (nSPS) is 13.8. The Hall–Kier alpha value is -2.08. The number of imide groups is 1. The van der Waals surface area contributed by atoms with Gasteiger partial charge in [-0.1, -0.05) is 12.1 Å². The molecule has 2 aromatic rings. The lowest BCUT2D eigenvalue weighted by molar-refractivity contribution is 0.0639. The van der Waals surface area contributed by atoms with Crippen LogP contribution in [0.1, 0.15) is 26.3 Å². The summed E-state index contributed by atoms with van der Waals surface area (Å²) in [5, 5.41) is 0. The van der Waals surface area contributed by atoms with E-state index in [2.05, 4.69) is 15.9 Å². The second-order valence-corrected chi connectivity index (χ2v) is 5.42. The number of amides is 2. The molecule has 21 heavy (non-hydrogen) atoms. The van der Waals surface area contributed by atoms with Gasteiger partial charge in [0.1, 0.15) is 11.6 Å². The van der Waals surface area contributed by atoms with Gasteiger partial charge in [0.05, 0.1) is 22.1 Å². The van der Waals surface area contributed by atoms with Crippen molar-refractivity contribution < 1.29 is 18.4 Å². The van der Waals surface area contributed by atoms with Crippen LogP contribution in [0.2, 0.25) is 0 Å². The second kappa shape index (κ2) is 5.04. The highest BCUT2D eigenvalue weighted by Crippen LogP contribution is 2.28. The van der Waals surface area contributed by atoms with E-state index in [1.807, 2.05) is 0 Å². The van der Waals surface area contributed by atoms with Gasteiger partial charge in [0.25, 0.3) is 11.8 Å². The van der Waals surface area contributed by atoms with Crippen molar-refractivity contribution in [3.8, 4) is 0 Å². The Labute approximate surface area is 127 Å². The molecule has 0 unspecified atom stereocenters. The van der Waals surface area contributed by atoms with Gasteiger partial charge in [0.2, 0.25) is 0 Å². The molecule has 3 rings (SSSR count). The smallest absolute Gasteiger partial charge is 0.261 e. The van der Waals surface area contributed by atoms with E-state index in [0.717, 1.165) is 11.0 Å². The van der Waals surface area contributed by atoms with Gasteiger partial charge in [-0.25, -0.2) is 8.78 Å². The molecule has 0 bridgehead atoms. The van der Waals surface area contributed by atoms with Crippen LogP contribution in [0.5, 0.6) is 0 Å². The summed E-state index contributed by atoms with van der Waals surface area (Å²) in [7, 11) is 0. The molecule has 0 aromatic heterocycles. The first-order chi connectivity index (χ1) is 10.0. The van der Waals surface area contributed by atoms with E-state index >= 15 is 0 Å². The van der Waals surface area contributed by atoms with Gasteiger partial charge in [-0.2, -0.15) is 0 Å². The third kappa shape index (κ3) is 2.15. The van der Waals surface area contributed by atoms with Crippen LogP contribution in [0, 0.1) is 11.6 Å². The summed E-state index contributed by atoms with van der Waals surface area (Å²) in [5.41, 5.74) is 0.176. The summed E-state index contributed by atoms with van der Waals surface area (Å²) >= 11 is 2.96. The monoisotopic (exact) mass is 351 g/mol. The van der Waals surface area contributed by atoms with Crippen molar-refractivity contribution in [1.29, 1.82) is 0 Å². The van der Waals surface area contributed by atoms with Crippen molar-refractivity contribution in [2.75, 3.05) is 0 Å². The molecule has 106 valence electrons. The van der Waals surface area contributed by atoms with E-state index < -0.39 is 30.0 Å². The van der Waals surface area contributed by atoms with E-state index in [-0.39, 0.29) is 21.2 Å². The maximum atomic E-state index is 14.0. The fourth-order valence-electron chi connectivity index (χ4n) is 2.25. The zero-order valence-electron chi connectivity index (χ0n) is 10.6. The largest absolute Gasteiger partial charge is 0.270 e. The Bertz CT molecular complexity index is 741. The van der Waals surface area contributed by atoms with Crippen LogP contribution in [-0.4, -0.2) is 16.7 Å². The number of halogens is 3. The van der Waals surface area contributed by atoms with Crippen LogP contribution >= 0.6 is 15.9 Å². The highest BCUT2D eigenvalue weighted by molar-refractivity contribution is 9.10. The second-order valence-electron chi connectivity index (χ2n) is 4.56. The Morgan fingerprint density at radius 2 is 1.52 bits per heavy atom. The first kappa shape index (κ1) is 13.9. The first-order valence-corrected chi connectivity index (χ1v) is 6.87. The lowest BCUT2D eigenvalue weighted by Gasteiger charge is -2.15. The fraction of sp³-hybridized carbons (Fsp3) is 0.0667. The minimum atomic E-state index is -0.813. The van der Waals surface area contributed by atoms with Crippen molar-refractivity contribution in [2.45, 2.75) is 6.54 Å². The third-order valence-electron chi connectivity index (χ3n) is 3.33. The topological polar surface area (TPSA) is 37.4 Å². The van der Waals surface area contributed by atoms with Crippen molar-refractivity contribution in [3.05, 3.63) is 69.2 Å². The molecule has 0 N–H and O–H groups in total. The summed E-state index contributed by atoms with van der Waals surface area (Å²) < 4.78 is 27.8. The maximum Gasteiger partial charge on any atom is 0.261 e. The molecule has 0 aliphatic carbocycles. The molecule has 3 nitrogen and oxygen atoms in total. The Morgan fingerprint density at radius 1 is 0.952 bits per heavy atom. The molecule has 0 radical (unpaired) electrons. The quantitative estimate of drug-likeness (QED) is 0.613. The van der Waals surface area contributed by atoms with E-state index in [0.29, 0.717) is 0 Å². The number of hydrogen-bond donors (Lipinski definition) is 0. The average Bonchev–Trinajstić information content (AvgIpc) is 2.72. The molecule has 0 saturated heterocycles. The summed E-state index contributed by atoms with van der Waals surface area (Å²) in [6, 6.07) is 8.62. The Kier molecular flexibility index (Phi) is 3.33. The lowest BCUT2D eigenvalue weighted by atomic mass is 10.1.